The summed E-state index contributed by atoms with van der Waals surface area (Å²) in [4.78, 5) is 4.46. The number of nitrogens with zero attached hydrogens (tertiary/aromatic N) is 1. The molecule has 1 aromatic heterocycles. The van der Waals surface area contributed by atoms with Crippen molar-refractivity contribution in [2.45, 2.75) is 26.2 Å². The summed E-state index contributed by atoms with van der Waals surface area (Å²) in [5.74, 6) is 6.50. The van der Waals surface area contributed by atoms with Gasteiger partial charge in [0.1, 0.15) is 5.52 Å². The molecule has 0 radical (unpaired) electrons. The fourth-order valence-electron chi connectivity index (χ4n) is 2.09. The first-order valence-electron chi connectivity index (χ1n) is 7.00. The van der Waals surface area contributed by atoms with E-state index in [-0.39, 0.29) is 5.41 Å². The van der Waals surface area contributed by atoms with Crippen LogP contribution in [0, 0.1) is 11.8 Å². The fraction of sp³-hybridized carbons (Fsp3) is 0.211. The molecule has 0 bridgehead atoms. The van der Waals surface area contributed by atoms with Gasteiger partial charge in [0.2, 0.25) is 0 Å². The Morgan fingerprint density at radius 3 is 2.43 bits per heavy atom. The van der Waals surface area contributed by atoms with E-state index >= 15 is 0 Å². The molecule has 2 nitrogen and oxygen atoms in total. The maximum absolute atomic E-state index is 5.67. The summed E-state index contributed by atoms with van der Waals surface area (Å²) in [5, 5.41) is 0. The molecule has 3 rings (SSSR count). The maximum atomic E-state index is 5.67. The van der Waals surface area contributed by atoms with Crippen LogP contribution in [0.25, 0.3) is 11.1 Å². The Labute approximate surface area is 124 Å². The van der Waals surface area contributed by atoms with E-state index in [0.29, 0.717) is 5.89 Å². The summed E-state index contributed by atoms with van der Waals surface area (Å²) in [5.41, 5.74) is 3.93. The lowest BCUT2D eigenvalue weighted by Gasteiger charge is -2.18. The summed E-state index contributed by atoms with van der Waals surface area (Å²) >= 11 is 0. The first-order chi connectivity index (χ1) is 10.0. The van der Waals surface area contributed by atoms with Crippen LogP contribution in [0.4, 0.5) is 0 Å². The normalized spacial score (nSPS) is 11.2. The van der Waals surface area contributed by atoms with Crippen molar-refractivity contribution in [1.29, 1.82) is 0 Å². The smallest absolute Gasteiger partial charge is 0.274 e. The topological polar surface area (TPSA) is 26.0 Å². The van der Waals surface area contributed by atoms with Crippen molar-refractivity contribution < 1.29 is 4.42 Å². The fourth-order valence-corrected chi connectivity index (χ4v) is 2.09. The Bertz CT molecular complexity index is 827. The van der Waals surface area contributed by atoms with Crippen molar-refractivity contribution in [3.63, 3.8) is 0 Å². The number of hydrogen-bond donors (Lipinski definition) is 0. The van der Waals surface area contributed by atoms with Crippen molar-refractivity contribution in [3.05, 3.63) is 65.5 Å². The Hall–Kier alpha value is -2.53. The van der Waals surface area contributed by atoms with Crippen LogP contribution in [-0.2, 0) is 5.41 Å². The second-order valence-corrected chi connectivity index (χ2v) is 6.07. The standard InChI is InChI=1S/C19H17NO/c1-19(2,3)15-10-11-17-16(13-15)20-18(21-17)12-9-14-7-5-4-6-8-14/h4-8,10-11,13H,1-3H3. The van der Waals surface area contributed by atoms with Crippen molar-refractivity contribution in [3.8, 4) is 11.8 Å². The van der Waals surface area contributed by atoms with Crippen LogP contribution in [0.2, 0.25) is 0 Å². The molecule has 0 aliphatic heterocycles. The van der Waals surface area contributed by atoms with Crippen molar-refractivity contribution >= 4 is 11.1 Å². The molecule has 0 aliphatic rings. The lowest BCUT2D eigenvalue weighted by Crippen LogP contribution is -2.10. The molecule has 3 aromatic rings. The third kappa shape index (κ3) is 2.98. The molecule has 0 aliphatic carbocycles. The molecule has 21 heavy (non-hydrogen) atoms. The molecule has 0 N–H and O–H groups in total. The van der Waals surface area contributed by atoms with Crippen LogP contribution in [-0.4, -0.2) is 4.98 Å². The summed E-state index contributed by atoms with van der Waals surface area (Å²) < 4.78 is 5.67. The van der Waals surface area contributed by atoms with Gasteiger partial charge in [-0.25, -0.2) is 4.98 Å². The molecule has 0 unspecified atom stereocenters. The highest BCUT2D eigenvalue weighted by atomic mass is 16.3. The van der Waals surface area contributed by atoms with Crippen LogP contribution in [0.1, 0.15) is 37.8 Å². The zero-order valence-corrected chi connectivity index (χ0v) is 12.5. The quantitative estimate of drug-likeness (QED) is 0.564. The van der Waals surface area contributed by atoms with Crippen LogP contribution in [0.15, 0.2) is 52.9 Å². The van der Waals surface area contributed by atoms with Gasteiger partial charge in [0.05, 0.1) is 0 Å². The van der Waals surface area contributed by atoms with E-state index in [9.17, 15) is 0 Å². The molecule has 0 atom stereocenters. The second kappa shape index (κ2) is 5.10. The van der Waals surface area contributed by atoms with Crippen LogP contribution < -0.4 is 0 Å². The largest absolute Gasteiger partial charge is 0.430 e. The van der Waals surface area contributed by atoms with Gasteiger partial charge in [-0.3, -0.25) is 0 Å². The molecule has 2 heteroatoms. The monoisotopic (exact) mass is 275 g/mol. The molecule has 1 heterocycles. The molecule has 0 spiro atoms. The van der Waals surface area contributed by atoms with Gasteiger partial charge < -0.3 is 4.42 Å². The van der Waals surface area contributed by atoms with Gasteiger partial charge in [-0.2, -0.15) is 0 Å². The molecule has 0 amide bonds. The van der Waals surface area contributed by atoms with Gasteiger partial charge in [0.25, 0.3) is 5.89 Å². The first-order valence-corrected chi connectivity index (χ1v) is 7.00. The highest BCUT2D eigenvalue weighted by Crippen LogP contribution is 2.26. The van der Waals surface area contributed by atoms with Crippen LogP contribution in [0.3, 0.4) is 0 Å². The van der Waals surface area contributed by atoms with Gasteiger partial charge in [0, 0.05) is 5.56 Å². The van der Waals surface area contributed by atoms with Crippen LogP contribution in [0.5, 0.6) is 0 Å². The number of rotatable bonds is 0. The molecule has 0 fully saturated rings. The minimum absolute atomic E-state index is 0.100. The molecule has 0 saturated heterocycles. The van der Waals surface area contributed by atoms with E-state index in [1.54, 1.807) is 0 Å². The maximum Gasteiger partial charge on any atom is 0.274 e. The van der Waals surface area contributed by atoms with Crippen molar-refractivity contribution in [1.82, 2.24) is 4.98 Å². The zero-order chi connectivity index (χ0) is 14.9. The zero-order valence-electron chi connectivity index (χ0n) is 12.5. The molecular formula is C19H17NO. The average molecular weight is 275 g/mol. The number of aromatic nitrogens is 1. The lowest BCUT2D eigenvalue weighted by molar-refractivity contribution is 0.583. The lowest BCUT2D eigenvalue weighted by atomic mass is 9.87. The highest BCUT2D eigenvalue weighted by Gasteiger charge is 2.15. The third-order valence-corrected chi connectivity index (χ3v) is 3.34. The Balaban J connectivity index is 1.97. The SMILES string of the molecule is CC(C)(C)c1ccc2oc(C#Cc3ccccc3)nc2c1. The van der Waals surface area contributed by atoms with Gasteiger partial charge in [-0.15, -0.1) is 0 Å². The predicted molar refractivity (Wildman–Crippen MR) is 85.1 cm³/mol. The number of oxazole rings is 1. The molecule has 104 valence electrons. The van der Waals surface area contributed by atoms with Gasteiger partial charge in [-0.1, -0.05) is 51.0 Å². The molecule has 0 saturated carbocycles. The summed E-state index contributed by atoms with van der Waals surface area (Å²) in [6.07, 6.45) is 0. The highest BCUT2D eigenvalue weighted by molar-refractivity contribution is 5.74. The van der Waals surface area contributed by atoms with E-state index in [1.165, 1.54) is 5.56 Å². The number of benzene rings is 2. The van der Waals surface area contributed by atoms with Crippen molar-refractivity contribution in [2.75, 3.05) is 0 Å². The predicted octanol–water partition coefficient (Wildman–Crippen LogP) is 4.53. The van der Waals surface area contributed by atoms with E-state index in [4.69, 9.17) is 4.42 Å². The second-order valence-electron chi connectivity index (χ2n) is 6.07. The Morgan fingerprint density at radius 2 is 1.71 bits per heavy atom. The molecular weight excluding hydrogens is 258 g/mol. The van der Waals surface area contributed by atoms with Gasteiger partial charge >= 0.3 is 0 Å². The minimum atomic E-state index is 0.100. The average Bonchev–Trinajstić information content (AvgIpc) is 2.87. The van der Waals surface area contributed by atoms with E-state index in [2.05, 4.69) is 49.7 Å². The van der Waals surface area contributed by atoms with E-state index in [1.807, 2.05) is 36.4 Å². The summed E-state index contributed by atoms with van der Waals surface area (Å²) in [6.45, 7) is 6.55. The number of fused-ring (bicyclic) bond motifs is 1. The van der Waals surface area contributed by atoms with E-state index < -0.39 is 0 Å². The summed E-state index contributed by atoms with van der Waals surface area (Å²) in [7, 11) is 0. The Morgan fingerprint density at radius 1 is 0.952 bits per heavy atom. The number of hydrogen-bond acceptors (Lipinski definition) is 2. The first kappa shape index (κ1) is 13.5. The summed E-state index contributed by atoms with van der Waals surface area (Å²) in [6, 6.07) is 16.0. The van der Waals surface area contributed by atoms with Gasteiger partial charge in [-0.05, 0) is 41.2 Å². The molecule has 2 aromatic carbocycles. The van der Waals surface area contributed by atoms with E-state index in [0.717, 1.165) is 16.7 Å². The van der Waals surface area contributed by atoms with Crippen LogP contribution >= 0.6 is 0 Å². The Kier molecular flexibility index (Phi) is 3.27. The minimum Gasteiger partial charge on any atom is -0.430 e. The third-order valence-electron chi connectivity index (χ3n) is 3.34. The van der Waals surface area contributed by atoms with Gasteiger partial charge in [0.15, 0.2) is 5.58 Å². The van der Waals surface area contributed by atoms with Crippen molar-refractivity contribution in [2.24, 2.45) is 0 Å².